The number of sulfonamides is 1. The maximum Gasteiger partial charge on any atom is 0.263 e. The number of nitrogens with two attached hydrogens (primary N) is 1. The summed E-state index contributed by atoms with van der Waals surface area (Å²) < 4.78 is 29.8. The van der Waals surface area contributed by atoms with E-state index in [0.29, 0.717) is 0 Å². The smallest absolute Gasteiger partial charge is 0.263 e. The molecule has 1 aromatic heterocycles. The number of nitrogens with zero attached hydrogens (tertiary/aromatic N) is 3. The van der Waals surface area contributed by atoms with E-state index in [1.54, 1.807) is 19.1 Å². The van der Waals surface area contributed by atoms with Crippen LogP contribution in [-0.4, -0.2) is 23.2 Å². The molecule has 0 aliphatic rings. The van der Waals surface area contributed by atoms with Gasteiger partial charge in [-0.3, -0.25) is 4.72 Å². The van der Waals surface area contributed by atoms with E-state index >= 15 is 0 Å². The van der Waals surface area contributed by atoms with Gasteiger partial charge >= 0.3 is 0 Å². The Bertz CT molecular complexity index is 624. The highest BCUT2D eigenvalue weighted by molar-refractivity contribution is 7.93. The Morgan fingerprint density at radius 3 is 2.83 bits per heavy atom. The summed E-state index contributed by atoms with van der Waals surface area (Å²) in [5.41, 5.74) is 6.46. The molecular formula is C9H11N5O2S2. The van der Waals surface area contributed by atoms with Crippen molar-refractivity contribution in [2.75, 3.05) is 4.72 Å². The third kappa shape index (κ3) is 2.81. The van der Waals surface area contributed by atoms with Crippen molar-refractivity contribution in [3.8, 4) is 0 Å². The Hall–Kier alpha value is -1.58. The van der Waals surface area contributed by atoms with Crippen LogP contribution in [0.3, 0.4) is 0 Å². The van der Waals surface area contributed by atoms with E-state index in [-0.39, 0.29) is 16.1 Å². The zero-order valence-electron chi connectivity index (χ0n) is 9.44. The minimum atomic E-state index is -3.68. The summed E-state index contributed by atoms with van der Waals surface area (Å²) >= 11 is 0.868. The van der Waals surface area contributed by atoms with Gasteiger partial charge in [-0.15, -0.1) is 0 Å². The topological polar surface area (TPSA) is 111 Å². The van der Waals surface area contributed by atoms with E-state index in [9.17, 15) is 8.42 Å². The molecule has 0 saturated carbocycles. The number of anilines is 1. The molecule has 96 valence electrons. The van der Waals surface area contributed by atoms with Crippen LogP contribution in [0, 0.1) is 0 Å². The quantitative estimate of drug-likeness (QED) is 0.857. The molecule has 1 heterocycles. The molecule has 1 unspecified atom stereocenters. The minimum absolute atomic E-state index is 0.126. The van der Waals surface area contributed by atoms with Crippen molar-refractivity contribution in [3.63, 3.8) is 0 Å². The first-order valence-corrected chi connectivity index (χ1v) is 7.28. The predicted molar refractivity (Wildman–Crippen MR) is 67.6 cm³/mol. The fourth-order valence-corrected chi connectivity index (χ4v) is 2.95. The van der Waals surface area contributed by atoms with Gasteiger partial charge in [-0.1, -0.05) is 21.7 Å². The molecule has 0 bridgehead atoms. The third-order valence-corrected chi connectivity index (χ3v) is 4.19. The van der Waals surface area contributed by atoms with Gasteiger partial charge in [-0.25, -0.2) is 8.42 Å². The summed E-state index contributed by atoms with van der Waals surface area (Å²) in [5.74, 6) is 0. The summed E-state index contributed by atoms with van der Waals surface area (Å²) in [4.78, 5) is 0.132. The second-order valence-corrected chi connectivity index (χ2v) is 6.05. The molecule has 0 radical (unpaired) electrons. The van der Waals surface area contributed by atoms with E-state index in [4.69, 9.17) is 5.73 Å². The van der Waals surface area contributed by atoms with Crippen LogP contribution in [0.25, 0.3) is 0 Å². The van der Waals surface area contributed by atoms with Gasteiger partial charge in [0.1, 0.15) is 0 Å². The second kappa shape index (κ2) is 4.96. The third-order valence-electron chi connectivity index (χ3n) is 2.22. The number of benzene rings is 1. The normalized spacial score (nSPS) is 13.2. The van der Waals surface area contributed by atoms with Crippen LogP contribution >= 0.6 is 11.5 Å². The van der Waals surface area contributed by atoms with Gasteiger partial charge in [0, 0.05) is 17.6 Å². The first-order chi connectivity index (χ1) is 8.49. The molecule has 0 amide bonds. The standard InChI is InChI=1S/C9H11N5O2S2/c1-6(10)7-3-2-4-8(5-7)18(15,16)12-9-11-13-14-17-9/h2-6H,10H2,1H3,(H,11,12,14). The molecule has 0 fully saturated rings. The Labute approximate surface area is 108 Å². The van der Waals surface area contributed by atoms with Crippen molar-refractivity contribution in [2.45, 2.75) is 17.9 Å². The number of rotatable bonds is 4. The maximum atomic E-state index is 12.0. The van der Waals surface area contributed by atoms with Crippen LogP contribution in [0.15, 0.2) is 29.2 Å². The Morgan fingerprint density at radius 2 is 2.22 bits per heavy atom. The molecule has 0 saturated heterocycles. The summed E-state index contributed by atoms with van der Waals surface area (Å²) in [5, 5.41) is 6.97. The zero-order chi connectivity index (χ0) is 13.2. The van der Waals surface area contributed by atoms with Crippen molar-refractivity contribution < 1.29 is 8.42 Å². The SMILES string of the molecule is CC(N)c1cccc(S(=O)(=O)Nc2nnns2)c1. The second-order valence-electron chi connectivity index (χ2n) is 3.63. The van der Waals surface area contributed by atoms with Crippen molar-refractivity contribution in [1.29, 1.82) is 0 Å². The maximum absolute atomic E-state index is 12.0. The van der Waals surface area contributed by atoms with E-state index in [1.807, 2.05) is 0 Å². The average molecular weight is 285 g/mol. The Morgan fingerprint density at radius 1 is 1.44 bits per heavy atom. The van der Waals surface area contributed by atoms with Crippen LogP contribution in [0.2, 0.25) is 0 Å². The molecule has 2 rings (SSSR count). The van der Waals surface area contributed by atoms with Crippen molar-refractivity contribution in [3.05, 3.63) is 29.8 Å². The van der Waals surface area contributed by atoms with Crippen LogP contribution in [0.4, 0.5) is 5.13 Å². The average Bonchev–Trinajstić information content (AvgIpc) is 2.81. The summed E-state index contributed by atoms with van der Waals surface area (Å²) in [6.07, 6.45) is 0. The van der Waals surface area contributed by atoms with Gasteiger partial charge < -0.3 is 5.73 Å². The molecule has 9 heteroatoms. The van der Waals surface area contributed by atoms with Gasteiger partial charge in [0.05, 0.1) is 4.90 Å². The van der Waals surface area contributed by atoms with Gasteiger partial charge in [0.25, 0.3) is 10.0 Å². The summed E-state index contributed by atoms with van der Waals surface area (Å²) in [7, 11) is -3.68. The monoisotopic (exact) mass is 285 g/mol. The lowest BCUT2D eigenvalue weighted by Gasteiger charge is -2.08. The molecule has 1 aromatic carbocycles. The molecule has 18 heavy (non-hydrogen) atoms. The first kappa shape index (κ1) is 12.9. The fourth-order valence-electron chi connectivity index (χ4n) is 1.31. The van der Waals surface area contributed by atoms with Crippen LogP contribution in [0.5, 0.6) is 0 Å². The molecule has 1 atom stereocenters. The molecule has 0 aliphatic heterocycles. The van der Waals surface area contributed by atoms with Crippen LogP contribution < -0.4 is 10.5 Å². The highest BCUT2D eigenvalue weighted by atomic mass is 32.2. The Balaban J connectivity index is 2.32. The number of nitrogens with one attached hydrogen (secondary N) is 1. The van der Waals surface area contributed by atoms with Crippen molar-refractivity contribution in [1.82, 2.24) is 14.8 Å². The fraction of sp³-hybridized carbons (Fsp3) is 0.222. The lowest BCUT2D eigenvalue weighted by Crippen LogP contribution is -2.14. The number of hydrogen-bond acceptors (Lipinski definition) is 7. The molecule has 7 nitrogen and oxygen atoms in total. The lowest BCUT2D eigenvalue weighted by molar-refractivity contribution is 0.601. The first-order valence-electron chi connectivity index (χ1n) is 5.02. The van der Waals surface area contributed by atoms with Gasteiger partial charge in [0.2, 0.25) is 5.13 Å². The minimum Gasteiger partial charge on any atom is -0.324 e. The number of hydrogen-bond donors (Lipinski definition) is 2. The van der Waals surface area contributed by atoms with E-state index < -0.39 is 10.0 Å². The number of aromatic nitrogens is 3. The molecule has 0 aliphatic carbocycles. The lowest BCUT2D eigenvalue weighted by atomic mass is 10.1. The molecule has 0 spiro atoms. The van der Waals surface area contributed by atoms with E-state index in [0.717, 1.165) is 17.1 Å². The van der Waals surface area contributed by atoms with E-state index in [2.05, 4.69) is 19.5 Å². The summed E-state index contributed by atoms with van der Waals surface area (Å²) in [6, 6.07) is 6.20. The van der Waals surface area contributed by atoms with Crippen LogP contribution in [0.1, 0.15) is 18.5 Å². The van der Waals surface area contributed by atoms with Gasteiger partial charge in [-0.2, -0.15) is 0 Å². The van der Waals surface area contributed by atoms with Gasteiger partial charge in [-0.05, 0) is 29.8 Å². The predicted octanol–water partition coefficient (Wildman–Crippen LogP) is 0.754. The van der Waals surface area contributed by atoms with Crippen molar-refractivity contribution in [2.24, 2.45) is 5.73 Å². The molecule has 2 aromatic rings. The highest BCUT2D eigenvalue weighted by Crippen LogP contribution is 2.19. The molecular weight excluding hydrogens is 274 g/mol. The molecule has 3 N–H and O–H groups in total. The highest BCUT2D eigenvalue weighted by Gasteiger charge is 2.17. The van der Waals surface area contributed by atoms with Crippen molar-refractivity contribution >= 4 is 26.7 Å². The Kier molecular flexibility index (Phi) is 3.55. The van der Waals surface area contributed by atoms with Crippen LogP contribution in [-0.2, 0) is 10.0 Å². The van der Waals surface area contributed by atoms with E-state index in [1.165, 1.54) is 12.1 Å². The zero-order valence-corrected chi connectivity index (χ0v) is 11.1. The summed E-state index contributed by atoms with van der Waals surface area (Å²) in [6.45, 7) is 1.79. The van der Waals surface area contributed by atoms with Gasteiger partial charge in [0.15, 0.2) is 0 Å². The largest absolute Gasteiger partial charge is 0.324 e.